The highest BCUT2D eigenvalue weighted by Gasteiger charge is 2.34. The number of nitrogens with two attached hydrogens (primary N) is 1. The summed E-state index contributed by atoms with van der Waals surface area (Å²) in [6, 6.07) is -1.72. The van der Waals surface area contributed by atoms with Gasteiger partial charge in [0.05, 0.1) is 6.04 Å². The number of unbranched alkanes of at least 4 members (excludes halogenated alkanes) is 1. The van der Waals surface area contributed by atoms with E-state index in [0.717, 1.165) is 17.1 Å². The number of aliphatic hydroxyl groups excluding tert-OH is 1. The zero-order valence-corrected chi connectivity index (χ0v) is 20.0. The van der Waals surface area contributed by atoms with Gasteiger partial charge in [-0.3, -0.25) is 39.9 Å². The Bertz CT molecular complexity index is 754. The first kappa shape index (κ1) is 28.4. The van der Waals surface area contributed by atoms with Gasteiger partial charge >= 0.3 is 0 Å². The molecule has 3 atom stereocenters. The van der Waals surface area contributed by atoms with Crippen molar-refractivity contribution in [3.63, 3.8) is 0 Å². The number of aliphatic hydroxyl groups is 1. The maximum absolute atomic E-state index is 13.0. The molecule has 0 aromatic rings. The van der Waals surface area contributed by atoms with Crippen molar-refractivity contribution in [3.8, 4) is 0 Å². The van der Waals surface area contributed by atoms with E-state index in [4.69, 9.17) is 10.8 Å². The Morgan fingerprint density at radius 3 is 2.12 bits per heavy atom. The quantitative estimate of drug-likeness (QED) is 0.132. The SMILES string of the molecule is CC(C)[C@@H](NC(=O)CN1C(=O)C=CC1=O)C(=O)N[C@H](CCCCNC(N)O)C(=O)C(C)(C)C. The van der Waals surface area contributed by atoms with Crippen molar-refractivity contribution in [3.05, 3.63) is 12.2 Å². The summed E-state index contributed by atoms with van der Waals surface area (Å²) in [5.74, 6) is -2.80. The Labute approximate surface area is 194 Å². The number of amides is 4. The lowest BCUT2D eigenvalue weighted by Gasteiger charge is -2.29. The van der Waals surface area contributed by atoms with E-state index in [1.165, 1.54) is 0 Å². The van der Waals surface area contributed by atoms with Gasteiger partial charge in [-0.15, -0.1) is 0 Å². The number of carbonyl (C=O) groups excluding carboxylic acids is 5. The minimum absolute atomic E-state index is 0.143. The van der Waals surface area contributed by atoms with Gasteiger partial charge in [0.2, 0.25) is 11.8 Å². The Morgan fingerprint density at radius 1 is 1.06 bits per heavy atom. The zero-order valence-electron chi connectivity index (χ0n) is 20.0. The van der Waals surface area contributed by atoms with E-state index in [2.05, 4.69) is 16.0 Å². The Hall–Kier alpha value is -2.63. The van der Waals surface area contributed by atoms with Crippen molar-refractivity contribution in [2.24, 2.45) is 17.1 Å². The molecule has 0 bridgehead atoms. The Kier molecular flexibility index (Phi) is 10.8. The molecule has 0 spiro atoms. The maximum atomic E-state index is 13.0. The molecule has 0 aromatic heterocycles. The average Bonchev–Trinajstić information content (AvgIpc) is 3.01. The molecule has 0 aliphatic carbocycles. The molecule has 11 heteroatoms. The number of nitrogens with zero attached hydrogens (tertiary/aromatic N) is 1. The predicted octanol–water partition coefficient (Wildman–Crippen LogP) is -0.853. The molecule has 33 heavy (non-hydrogen) atoms. The molecular formula is C22H37N5O6. The maximum Gasteiger partial charge on any atom is 0.254 e. The average molecular weight is 468 g/mol. The first-order valence-corrected chi connectivity index (χ1v) is 11.1. The summed E-state index contributed by atoms with van der Waals surface area (Å²) in [6.07, 6.45) is 2.65. The fraction of sp³-hybridized carbons (Fsp3) is 0.682. The summed E-state index contributed by atoms with van der Waals surface area (Å²) in [6.45, 7) is 8.73. The van der Waals surface area contributed by atoms with Gasteiger partial charge in [0.25, 0.3) is 11.8 Å². The highest BCUT2D eigenvalue weighted by atomic mass is 16.3. The second-order valence-corrected chi connectivity index (χ2v) is 9.46. The van der Waals surface area contributed by atoms with Crippen LogP contribution in [0.25, 0.3) is 0 Å². The third-order valence-electron chi connectivity index (χ3n) is 5.11. The van der Waals surface area contributed by atoms with Crippen molar-refractivity contribution < 1.29 is 29.1 Å². The van der Waals surface area contributed by atoms with Crippen molar-refractivity contribution in [2.75, 3.05) is 13.1 Å². The monoisotopic (exact) mass is 467 g/mol. The molecule has 0 aromatic carbocycles. The molecule has 1 aliphatic rings. The molecule has 0 fully saturated rings. The summed E-state index contributed by atoms with van der Waals surface area (Å²) >= 11 is 0. The molecule has 1 aliphatic heterocycles. The van der Waals surface area contributed by atoms with Crippen LogP contribution in [0.4, 0.5) is 0 Å². The second-order valence-electron chi connectivity index (χ2n) is 9.46. The Balaban J connectivity index is 2.80. The van der Waals surface area contributed by atoms with E-state index in [-0.39, 0.29) is 11.7 Å². The highest BCUT2D eigenvalue weighted by molar-refractivity contribution is 6.14. The van der Waals surface area contributed by atoms with Gasteiger partial charge in [0.1, 0.15) is 12.6 Å². The van der Waals surface area contributed by atoms with Crippen LogP contribution >= 0.6 is 0 Å². The summed E-state index contributed by atoms with van der Waals surface area (Å²) < 4.78 is 0. The third kappa shape index (κ3) is 9.40. The lowest BCUT2D eigenvalue weighted by Crippen LogP contribution is -2.56. The largest absolute Gasteiger partial charge is 0.366 e. The fourth-order valence-corrected chi connectivity index (χ4v) is 3.26. The van der Waals surface area contributed by atoms with Gasteiger partial charge in [0.15, 0.2) is 12.1 Å². The van der Waals surface area contributed by atoms with E-state index in [0.29, 0.717) is 25.8 Å². The molecule has 4 amide bonds. The lowest BCUT2D eigenvalue weighted by atomic mass is 9.84. The van der Waals surface area contributed by atoms with Crippen LogP contribution in [-0.4, -0.2) is 70.9 Å². The molecule has 0 saturated heterocycles. The molecule has 0 radical (unpaired) electrons. The van der Waals surface area contributed by atoms with Gasteiger partial charge < -0.3 is 15.7 Å². The lowest BCUT2D eigenvalue weighted by molar-refractivity contribution is -0.141. The number of nitrogens with one attached hydrogen (secondary N) is 3. The summed E-state index contributed by atoms with van der Waals surface area (Å²) in [5.41, 5.74) is 4.54. The number of hydrogen-bond acceptors (Lipinski definition) is 8. The van der Waals surface area contributed by atoms with E-state index in [1.807, 2.05) is 0 Å². The van der Waals surface area contributed by atoms with Crippen molar-refractivity contribution in [1.82, 2.24) is 20.9 Å². The fourth-order valence-electron chi connectivity index (χ4n) is 3.26. The van der Waals surface area contributed by atoms with Crippen LogP contribution in [0.3, 0.4) is 0 Å². The molecular weight excluding hydrogens is 430 g/mol. The second kappa shape index (κ2) is 12.6. The first-order chi connectivity index (χ1) is 15.2. The molecule has 0 saturated carbocycles. The standard InChI is InChI=1S/C22H37N5O6/c1-13(2)18(26-15(28)12-27-16(29)9-10-17(27)30)20(32)25-14(19(31)22(3,4)5)8-6-7-11-24-21(23)33/h9-10,13-14,18,21,24,33H,6-8,11-12,23H2,1-5H3,(H,25,32)(H,26,28)/t14-,18-,21?/m1/s1. The topological polar surface area (TPSA) is 171 Å². The summed E-state index contributed by atoms with van der Waals surface area (Å²) in [5, 5.41) is 17.1. The minimum atomic E-state index is -1.12. The van der Waals surface area contributed by atoms with Gasteiger partial charge in [0, 0.05) is 17.6 Å². The van der Waals surface area contributed by atoms with Gasteiger partial charge in [-0.1, -0.05) is 34.6 Å². The predicted molar refractivity (Wildman–Crippen MR) is 121 cm³/mol. The van der Waals surface area contributed by atoms with Crippen LogP contribution in [0.5, 0.6) is 0 Å². The Morgan fingerprint density at radius 2 is 1.64 bits per heavy atom. The van der Waals surface area contributed by atoms with E-state index < -0.39 is 54.0 Å². The number of rotatable bonds is 13. The molecule has 11 nitrogen and oxygen atoms in total. The number of imide groups is 1. The van der Waals surface area contributed by atoms with E-state index in [9.17, 15) is 24.0 Å². The molecule has 1 heterocycles. The number of carbonyl (C=O) groups is 5. The molecule has 1 unspecified atom stereocenters. The van der Waals surface area contributed by atoms with Crippen LogP contribution in [0, 0.1) is 11.3 Å². The normalized spacial score (nSPS) is 16.7. The van der Waals surface area contributed by atoms with Crippen LogP contribution in [0.2, 0.25) is 0 Å². The van der Waals surface area contributed by atoms with Crippen molar-refractivity contribution in [1.29, 1.82) is 0 Å². The van der Waals surface area contributed by atoms with Crippen LogP contribution < -0.4 is 21.7 Å². The van der Waals surface area contributed by atoms with Gasteiger partial charge in [-0.2, -0.15) is 0 Å². The number of Topliss-reactive ketones (excluding diaryl/α,β-unsaturated/α-hetero) is 1. The van der Waals surface area contributed by atoms with Gasteiger partial charge in [-0.25, -0.2) is 0 Å². The number of hydrogen-bond donors (Lipinski definition) is 5. The smallest absolute Gasteiger partial charge is 0.254 e. The van der Waals surface area contributed by atoms with E-state index in [1.54, 1.807) is 34.6 Å². The highest BCUT2D eigenvalue weighted by Crippen LogP contribution is 2.20. The molecule has 186 valence electrons. The molecule has 1 rings (SSSR count). The van der Waals surface area contributed by atoms with Crippen molar-refractivity contribution >= 4 is 29.4 Å². The number of ketones is 1. The minimum Gasteiger partial charge on any atom is -0.366 e. The van der Waals surface area contributed by atoms with Crippen LogP contribution in [-0.2, 0) is 24.0 Å². The zero-order chi connectivity index (χ0) is 25.3. The van der Waals surface area contributed by atoms with Crippen LogP contribution in [0.1, 0.15) is 53.9 Å². The summed E-state index contributed by atoms with van der Waals surface area (Å²) in [7, 11) is 0. The first-order valence-electron chi connectivity index (χ1n) is 11.1. The van der Waals surface area contributed by atoms with Crippen molar-refractivity contribution in [2.45, 2.75) is 72.3 Å². The van der Waals surface area contributed by atoms with E-state index >= 15 is 0 Å². The molecule has 6 N–H and O–H groups in total. The third-order valence-corrected chi connectivity index (χ3v) is 5.11. The van der Waals surface area contributed by atoms with Gasteiger partial charge in [-0.05, 0) is 31.7 Å². The summed E-state index contributed by atoms with van der Waals surface area (Å²) in [4.78, 5) is 62.5. The van der Waals surface area contributed by atoms with Crippen LogP contribution in [0.15, 0.2) is 12.2 Å².